The normalized spacial score (nSPS) is 11.0. The van der Waals surface area contributed by atoms with Crippen LogP contribution >= 0.6 is 0 Å². The van der Waals surface area contributed by atoms with Crippen molar-refractivity contribution in [3.8, 4) is 5.69 Å². The van der Waals surface area contributed by atoms with Gasteiger partial charge in [0.05, 0.1) is 16.8 Å². The van der Waals surface area contributed by atoms with Crippen molar-refractivity contribution in [3.63, 3.8) is 0 Å². The third kappa shape index (κ3) is 4.05. The second-order valence-electron chi connectivity index (χ2n) is 7.27. The van der Waals surface area contributed by atoms with Crippen LogP contribution < -0.4 is 16.6 Å². The summed E-state index contributed by atoms with van der Waals surface area (Å²) in [7, 11) is 1.63. The molecule has 158 valence electrons. The number of nitrogens with zero attached hydrogens (tertiary/aromatic N) is 2. The quantitative estimate of drug-likeness (QED) is 0.470. The fourth-order valence-electron chi connectivity index (χ4n) is 3.60. The number of carbonyl (C=O) groups is 1. The number of carbonyl (C=O) groups excluding carboxylic acids is 1. The molecule has 8 heteroatoms. The van der Waals surface area contributed by atoms with Gasteiger partial charge in [-0.05, 0) is 42.7 Å². The van der Waals surface area contributed by atoms with Gasteiger partial charge in [0, 0.05) is 19.8 Å². The van der Waals surface area contributed by atoms with Gasteiger partial charge in [0.2, 0.25) is 0 Å². The lowest BCUT2D eigenvalue weighted by atomic mass is 10.1. The number of aromatic nitrogens is 3. The van der Waals surface area contributed by atoms with Crippen molar-refractivity contribution in [1.29, 1.82) is 0 Å². The van der Waals surface area contributed by atoms with Crippen molar-refractivity contribution < 1.29 is 9.18 Å². The first-order valence-corrected chi connectivity index (χ1v) is 9.88. The highest BCUT2D eigenvalue weighted by Crippen LogP contribution is 2.15. The summed E-state index contributed by atoms with van der Waals surface area (Å²) in [5.41, 5.74) is 0.715. The van der Waals surface area contributed by atoms with Crippen LogP contribution in [-0.2, 0) is 13.5 Å². The minimum atomic E-state index is -0.701. The highest BCUT2D eigenvalue weighted by Gasteiger charge is 2.20. The monoisotopic (exact) mass is 420 g/mol. The van der Waals surface area contributed by atoms with E-state index in [1.807, 2.05) is 30.3 Å². The Morgan fingerprint density at radius 3 is 2.48 bits per heavy atom. The Kier molecular flexibility index (Phi) is 5.53. The zero-order valence-electron chi connectivity index (χ0n) is 16.9. The highest BCUT2D eigenvalue weighted by atomic mass is 19.1. The van der Waals surface area contributed by atoms with E-state index in [0.717, 1.165) is 17.4 Å². The molecule has 0 bridgehead atoms. The number of hydrogen-bond acceptors (Lipinski definition) is 3. The molecular formula is C23H21FN4O3. The lowest BCUT2D eigenvalue weighted by Crippen LogP contribution is -2.34. The number of halogens is 1. The lowest BCUT2D eigenvalue weighted by Gasteiger charge is -2.07. The molecule has 0 aliphatic carbocycles. The molecule has 0 saturated carbocycles. The van der Waals surface area contributed by atoms with Gasteiger partial charge in [-0.25, -0.2) is 13.8 Å². The molecular weight excluding hydrogens is 399 g/mol. The SMILES string of the molecule is Cn1cc(C(=O)NCCCc2ccccc2)c2[nH]c(=O)n(-c3ccc(F)cc3)c(=O)c21. The molecule has 31 heavy (non-hydrogen) atoms. The van der Waals surface area contributed by atoms with Gasteiger partial charge in [-0.1, -0.05) is 30.3 Å². The molecule has 2 N–H and O–H groups in total. The summed E-state index contributed by atoms with van der Waals surface area (Å²) in [4.78, 5) is 41.0. The van der Waals surface area contributed by atoms with E-state index in [1.54, 1.807) is 7.05 Å². The number of rotatable bonds is 6. The number of H-pyrrole nitrogens is 1. The average Bonchev–Trinajstić information content (AvgIpc) is 3.09. The molecule has 2 aromatic heterocycles. The van der Waals surface area contributed by atoms with Crippen LogP contribution in [0.15, 0.2) is 70.4 Å². The second-order valence-corrected chi connectivity index (χ2v) is 7.27. The first kappa shape index (κ1) is 20.3. The van der Waals surface area contributed by atoms with E-state index in [1.165, 1.54) is 40.6 Å². The molecule has 0 spiro atoms. The van der Waals surface area contributed by atoms with Gasteiger partial charge in [0.1, 0.15) is 11.3 Å². The van der Waals surface area contributed by atoms with E-state index in [4.69, 9.17) is 0 Å². The molecule has 2 heterocycles. The summed E-state index contributed by atoms with van der Waals surface area (Å²) >= 11 is 0. The van der Waals surface area contributed by atoms with Crippen molar-refractivity contribution in [2.24, 2.45) is 7.05 Å². The lowest BCUT2D eigenvalue weighted by molar-refractivity contribution is 0.0954. The highest BCUT2D eigenvalue weighted by molar-refractivity contribution is 6.05. The van der Waals surface area contributed by atoms with E-state index >= 15 is 0 Å². The van der Waals surface area contributed by atoms with Crippen LogP contribution in [0.3, 0.4) is 0 Å². The number of nitrogens with one attached hydrogen (secondary N) is 2. The molecule has 4 aromatic rings. The van der Waals surface area contributed by atoms with E-state index < -0.39 is 17.1 Å². The fraction of sp³-hybridized carbons (Fsp3) is 0.174. The number of fused-ring (bicyclic) bond motifs is 1. The first-order valence-electron chi connectivity index (χ1n) is 9.88. The molecule has 0 atom stereocenters. The summed E-state index contributed by atoms with van der Waals surface area (Å²) in [5, 5.41) is 2.84. The number of amides is 1. The fourth-order valence-corrected chi connectivity index (χ4v) is 3.60. The van der Waals surface area contributed by atoms with Gasteiger partial charge >= 0.3 is 5.69 Å². The third-order valence-corrected chi connectivity index (χ3v) is 5.12. The number of hydrogen-bond donors (Lipinski definition) is 2. The molecule has 0 saturated heterocycles. The second kappa shape index (κ2) is 8.43. The summed E-state index contributed by atoms with van der Waals surface area (Å²) < 4.78 is 15.6. The zero-order chi connectivity index (χ0) is 22.0. The van der Waals surface area contributed by atoms with Crippen molar-refractivity contribution in [3.05, 3.63) is 98.6 Å². The Hall–Kier alpha value is -3.94. The smallest absolute Gasteiger partial charge is 0.333 e. The van der Waals surface area contributed by atoms with Gasteiger partial charge in [0.15, 0.2) is 0 Å². The average molecular weight is 420 g/mol. The first-order chi connectivity index (χ1) is 15.0. The van der Waals surface area contributed by atoms with Crippen LogP contribution in [0.5, 0.6) is 0 Å². The van der Waals surface area contributed by atoms with Crippen molar-refractivity contribution in [1.82, 2.24) is 19.4 Å². The summed E-state index contributed by atoms with van der Waals surface area (Å²) in [6.07, 6.45) is 3.10. The molecule has 2 aromatic carbocycles. The van der Waals surface area contributed by atoms with E-state index in [0.29, 0.717) is 6.54 Å². The number of aromatic amines is 1. The van der Waals surface area contributed by atoms with E-state index in [-0.39, 0.29) is 28.2 Å². The number of aryl methyl sites for hydroxylation is 2. The zero-order valence-corrected chi connectivity index (χ0v) is 16.9. The van der Waals surface area contributed by atoms with Gasteiger partial charge in [-0.3, -0.25) is 9.59 Å². The van der Waals surface area contributed by atoms with Crippen LogP contribution in [0.25, 0.3) is 16.7 Å². The topological polar surface area (TPSA) is 88.9 Å². The minimum Gasteiger partial charge on any atom is -0.352 e. The summed E-state index contributed by atoms with van der Waals surface area (Å²) in [6.45, 7) is 0.459. The molecule has 0 radical (unpaired) electrons. The molecule has 4 rings (SSSR count). The molecule has 7 nitrogen and oxygen atoms in total. The Balaban J connectivity index is 1.59. The van der Waals surface area contributed by atoms with Gasteiger partial charge < -0.3 is 14.9 Å². The predicted octanol–water partition coefficient (Wildman–Crippen LogP) is 2.52. The molecule has 1 amide bonds. The maximum atomic E-state index is 13.2. The van der Waals surface area contributed by atoms with Crippen LogP contribution in [0.4, 0.5) is 4.39 Å². The van der Waals surface area contributed by atoms with Crippen LogP contribution in [0.2, 0.25) is 0 Å². The van der Waals surface area contributed by atoms with Crippen LogP contribution in [-0.4, -0.2) is 26.6 Å². The van der Waals surface area contributed by atoms with Crippen molar-refractivity contribution in [2.75, 3.05) is 6.54 Å². The number of benzene rings is 2. The molecule has 0 fully saturated rings. The Morgan fingerprint density at radius 1 is 1.06 bits per heavy atom. The molecule has 0 unspecified atom stereocenters. The van der Waals surface area contributed by atoms with E-state index in [9.17, 15) is 18.8 Å². The van der Waals surface area contributed by atoms with E-state index in [2.05, 4.69) is 10.3 Å². The summed E-state index contributed by atoms with van der Waals surface area (Å²) in [5.74, 6) is -0.840. The standard InChI is InChI=1S/C23H21FN4O3/c1-27-14-18(21(29)25-13-5-8-15-6-3-2-4-7-15)19-20(27)22(30)28(23(31)26-19)17-11-9-16(24)10-12-17/h2-4,6-7,9-12,14H,5,8,13H2,1H3,(H,25,29)(H,26,31). The van der Waals surface area contributed by atoms with Gasteiger partial charge in [-0.15, -0.1) is 0 Å². The largest absolute Gasteiger partial charge is 0.352 e. The molecule has 0 aliphatic rings. The summed E-state index contributed by atoms with van der Waals surface area (Å²) in [6, 6.07) is 15.0. The van der Waals surface area contributed by atoms with Crippen LogP contribution in [0, 0.1) is 5.82 Å². The van der Waals surface area contributed by atoms with Crippen molar-refractivity contribution >= 4 is 16.9 Å². The Morgan fingerprint density at radius 2 is 1.77 bits per heavy atom. The van der Waals surface area contributed by atoms with Crippen molar-refractivity contribution in [2.45, 2.75) is 12.8 Å². The Labute approximate surface area is 176 Å². The maximum absolute atomic E-state index is 13.2. The third-order valence-electron chi connectivity index (χ3n) is 5.12. The van der Waals surface area contributed by atoms with Gasteiger partial charge in [-0.2, -0.15) is 0 Å². The van der Waals surface area contributed by atoms with Crippen LogP contribution in [0.1, 0.15) is 22.3 Å². The molecule has 0 aliphatic heterocycles. The Bertz CT molecular complexity index is 1350. The maximum Gasteiger partial charge on any atom is 0.333 e. The van der Waals surface area contributed by atoms with Gasteiger partial charge in [0.25, 0.3) is 11.5 Å². The minimum absolute atomic E-state index is 0.177. The predicted molar refractivity (Wildman–Crippen MR) is 116 cm³/mol.